The molecule has 1 aromatic carbocycles. The maximum absolute atomic E-state index is 12.8. The smallest absolute Gasteiger partial charge is 0.413 e. The molecule has 9 heteroatoms. The van der Waals surface area contributed by atoms with Crippen LogP contribution in [0, 0.1) is 0 Å². The summed E-state index contributed by atoms with van der Waals surface area (Å²) in [5, 5.41) is 2.38. The highest BCUT2D eigenvalue weighted by atomic mass is 32.1. The van der Waals surface area contributed by atoms with Gasteiger partial charge in [0, 0.05) is 36.4 Å². The van der Waals surface area contributed by atoms with Gasteiger partial charge in [-0.3, -0.25) is 4.90 Å². The Kier molecular flexibility index (Phi) is 6.58. The van der Waals surface area contributed by atoms with Crippen molar-refractivity contribution in [1.29, 1.82) is 0 Å². The van der Waals surface area contributed by atoms with Crippen molar-refractivity contribution >= 4 is 33.3 Å². The van der Waals surface area contributed by atoms with Crippen LogP contribution in [0.25, 0.3) is 22.3 Å². The number of fused-ring (bicyclic) bond motifs is 1. The third-order valence-corrected chi connectivity index (χ3v) is 6.66. The fourth-order valence-corrected chi connectivity index (χ4v) is 4.68. The lowest BCUT2D eigenvalue weighted by Crippen LogP contribution is -2.42. The standard InChI is InChI=1S/C25H32N4O4S/c1-14(2)23-28-21(22(26)34-23)18-13-19(16-10-9-15(31-6)12-17(16)27-18)32-20-8-7-11-29(20)24(30)33-25(3,4)5/h9-10,12-14,20H,7-8,11,26H2,1-6H3. The molecule has 1 saturated heterocycles. The molecule has 0 spiro atoms. The fraction of sp³-hybridized carbons (Fsp3) is 0.480. The van der Waals surface area contributed by atoms with Gasteiger partial charge in [0.05, 0.1) is 23.3 Å². The van der Waals surface area contributed by atoms with Gasteiger partial charge < -0.3 is 19.9 Å². The topological polar surface area (TPSA) is 99.8 Å². The number of rotatable bonds is 5. The molecule has 1 aliphatic rings. The summed E-state index contributed by atoms with van der Waals surface area (Å²) in [4.78, 5) is 24.0. The number of nitrogens with zero attached hydrogens (tertiary/aromatic N) is 3. The molecule has 0 bridgehead atoms. The first-order chi connectivity index (χ1) is 16.1. The molecule has 1 fully saturated rings. The Morgan fingerprint density at radius 1 is 1.24 bits per heavy atom. The Morgan fingerprint density at radius 2 is 2.00 bits per heavy atom. The number of hydrogen-bond donors (Lipinski definition) is 1. The first-order valence-corrected chi connectivity index (χ1v) is 12.3. The van der Waals surface area contributed by atoms with Gasteiger partial charge in [-0.05, 0) is 39.3 Å². The number of benzene rings is 1. The monoisotopic (exact) mass is 484 g/mol. The van der Waals surface area contributed by atoms with Crippen LogP contribution in [0.4, 0.5) is 9.80 Å². The highest BCUT2D eigenvalue weighted by molar-refractivity contribution is 7.16. The Bertz CT molecular complexity index is 1200. The Morgan fingerprint density at radius 3 is 2.65 bits per heavy atom. The van der Waals surface area contributed by atoms with Gasteiger partial charge in [0.15, 0.2) is 6.23 Å². The Balaban J connectivity index is 1.75. The highest BCUT2D eigenvalue weighted by Gasteiger charge is 2.34. The number of hydrogen-bond acceptors (Lipinski definition) is 8. The molecule has 0 saturated carbocycles. The first-order valence-electron chi connectivity index (χ1n) is 11.5. The average Bonchev–Trinajstić information content (AvgIpc) is 3.38. The van der Waals surface area contributed by atoms with Crippen molar-refractivity contribution < 1.29 is 19.0 Å². The largest absolute Gasteiger partial charge is 0.497 e. The van der Waals surface area contributed by atoms with Crippen molar-refractivity contribution in [3.05, 3.63) is 29.3 Å². The fourth-order valence-electron chi connectivity index (χ4n) is 3.84. The number of methoxy groups -OCH3 is 1. The predicted molar refractivity (Wildman–Crippen MR) is 134 cm³/mol. The van der Waals surface area contributed by atoms with E-state index in [1.54, 1.807) is 12.0 Å². The molecule has 0 aliphatic carbocycles. The van der Waals surface area contributed by atoms with Crippen LogP contribution in [0.1, 0.15) is 58.4 Å². The SMILES string of the molecule is COc1ccc2c(OC3CCCN3C(=O)OC(C)(C)C)cc(-c3nc(C(C)C)sc3N)nc2c1. The summed E-state index contributed by atoms with van der Waals surface area (Å²) in [5.41, 5.74) is 7.71. The zero-order valence-corrected chi connectivity index (χ0v) is 21.4. The van der Waals surface area contributed by atoms with Crippen LogP contribution < -0.4 is 15.2 Å². The van der Waals surface area contributed by atoms with Gasteiger partial charge in [-0.2, -0.15) is 0 Å². The molecule has 2 aromatic heterocycles. The Hall–Kier alpha value is -3.07. The first kappa shape index (κ1) is 24.1. The summed E-state index contributed by atoms with van der Waals surface area (Å²) in [5.74, 6) is 1.56. The Labute approximate surface area is 204 Å². The van der Waals surface area contributed by atoms with E-state index in [4.69, 9.17) is 29.9 Å². The second-order valence-electron chi connectivity index (χ2n) is 9.70. The van der Waals surface area contributed by atoms with Crippen LogP contribution in [0.5, 0.6) is 11.5 Å². The van der Waals surface area contributed by atoms with Crippen LogP contribution >= 0.6 is 11.3 Å². The second-order valence-corrected chi connectivity index (χ2v) is 10.8. The number of ether oxygens (including phenoxy) is 3. The van der Waals surface area contributed by atoms with Gasteiger partial charge in [0.25, 0.3) is 0 Å². The molecule has 0 radical (unpaired) electrons. The van der Waals surface area contributed by atoms with Gasteiger partial charge in [0.2, 0.25) is 0 Å². The van der Waals surface area contributed by atoms with E-state index >= 15 is 0 Å². The van der Waals surface area contributed by atoms with Crippen molar-refractivity contribution in [3.63, 3.8) is 0 Å². The average molecular weight is 485 g/mol. The van der Waals surface area contributed by atoms with Crippen LogP contribution in [0.2, 0.25) is 0 Å². The minimum atomic E-state index is -0.576. The molecule has 8 nitrogen and oxygen atoms in total. The van der Waals surface area contributed by atoms with Crippen molar-refractivity contribution in [2.45, 2.75) is 65.2 Å². The normalized spacial score (nSPS) is 16.3. The molecule has 2 N–H and O–H groups in total. The summed E-state index contributed by atoms with van der Waals surface area (Å²) < 4.78 is 17.4. The number of nitrogens with two attached hydrogens (primary N) is 1. The van der Waals surface area contributed by atoms with Crippen LogP contribution in [0.15, 0.2) is 24.3 Å². The number of nitrogen functional groups attached to an aromatic ring is 1. The van der Waals surface area contributed by atoms with E-state index in [1.807, 2.05) is 45.0 Å². The van der Waals surface area contributed by atoms with E-state index in [9.17, 15) is 4.79 Å². The quantitative estimate of drug-likeness (QED) is 0.488. The van der Waals surface area contributed by atoms with Gasteiger partial charge >= 0.3 is 6.09 Å². The summed E-state index contributed by atoms with van der Waals surface area (Å²) in [6, 6.07) is 7.50. The number of likely N-dealkylation sites (tertiary alicyclic amines) is 1. The van der Waals surface area contributed by atoms with Crippen molar-refractivity contribution in [2.24, 2.45) is 0 Å². The molecule has 3 heterocycles. The van der Waals surface area contributed by atoms with Gasteiger partial charge in [-0.1, -0.05) is 13.8 Å². The lowest BCUT2D eigenvalue weighted by atomic mass is 10.1. The number of aromatic nitrogens is 2. The molecular weight excluding hydrogens is 452 g/mol. The zero-order valence-electron chi connectivity index (χ0n) is 20.5. The summed E-state index contributed by atoms with van der Waals surface area (Å²) in [6.07, 6.45) is 0.741. The van der Waals surface area contributed by atoms with E-state index in [2.05, 4.69) is 13.8 Å². The molecule has 1 aliphatic heterocycles. The van der Waals surface area contributed by atoms with E-state index in [0.717, 1.165) is 16.8 Å². The maximum atomic E-state index is 12.8. The summed E-state index contributed by atoms with van der Waals surface area (Å²) in [7, 11) is 1.62. The molecule has 1 atom stereocenters. The van der Waals surface area contributed by atoms with Gasteiger partial charge in [-0.15, -0.1) is 11.3 Å². The lowest BCUT2D eigenvalue weighted by molar-refractivity contribution is -0.00473. The number of thiazole rings is 1. The molecule has 1 amide bonds. The van der Waals surface area contributed by atoms with Crippen LogP contribution in [0.3, 0.4) is 0 Å². The highest BCUT2D eigenvalue weighted by Crippen LogP contribution is 2.38. The predicted octanol–water partition coefficient (Wildman–Crippen LogP) is 5.81. The number of pyridine rings is 1. The summed E-state index contributed by atoms with van der Waals surface area (Å²) >= 11 is 1.47. The van der Waals surface area contributed by atoms with E-state index < -0.39 is 11.8 Å². The number of carbonyl (C=O) groups excluding carboxylic acids is 1. The maximum Gasteiger partial charge on any atom is 0.413 e. The van der Waals surface area contributed by atoms with E-state index in [-0.39, 0.29) is 12.0 Å². The van der Waals surface area contributed by atoms with E-state index in [0.29, 0.717) is 46.4 Å². The molecule has 3 aromatic rings. The van der Waals surface area contributed by atoms with E-state index in [1.165, 1.54) is 11.3 Å². The third kappa shape index (κ3) is 5.04. The number of carbonyl (C=O) groups is 1. The molecule has 182 valence electrons. The van der Waals surface area contributed by atoms with Gasteiger partial charge in [0.1, 0.15) is 27.8 Å². The summed E-state index contributed by atoms with van der Waals surface area (Å²) in [6.45, 7) is 10.3. The molecular formula is C25H32N4O4S. The van der Waals surface area contributed by atoms with Crippen molar-refractivity contribution in [3.8, 4) is 22.9 Å². The van der Waals surface area contributed by atoms with Gasteiger partial charge in [-0.25, -0.2) is 14.8 Å². The zero-order chi connectivity index (χ0) is 24.6. The molecule has 34 heavy (non-hydrogen) atoms. The second kappa shape index (κ2) is 9.29. The van der Waals surface area contributed by atoms with Crippen molar-refractivity contribution in [1.82, 2.24) is 14.9 Å². The molecule has 1 unspecified atom stereocenters. The third-order valence-electron chi connectivity index (χ3n) is 5.47. The minimum Gasteiger partial charge on any atom is -0.497 e. The van der Waals surface area contributed by atoms with Crippen LogP contribution in [-0.2, 0) is 4.74 Å². The minimum absolute atomic E-state index is 0.262. The van der Waals surface area contributed by atoms with Crippen LogP contribution in [-0.4, -0.2) is 46.4 Å². The van der Waals surface area contributed by atoms with Crippen molar-refractivity contribution in [2.75, 3.05) is 19.4 Å². The lowest BCUT2D eigenvalue weighted by Gasteiger charge is -2.29. The number of amides is 1. The number of anilines is 1. The molecule has 4 rings (SSSR count).